The lowest BCUT2D eigenvalue weighted by Crippen LogP contribution is -2.44. The van der Waals surface area contributed by atoms with E-state index in [0.717, 1.165) is 57.7 Å². The van der Waals surface area contributed by atoms with Crippen LogP contribution in [0.4, 0.5) is 0 Å². The average molecular weight is 323 g/mol. The number of carbonyl (C=O) groups excluding carboxylic acids is 1. The third-order valence-electron chi connectivity index (χ3n) is 5.28. The summed E-state index contributed by atoms with van der Waals surface area (Å²) in [7, 11) is 0. The molecule has 1 saturated carbocycles. The van der Waals surface area contributed by atoms with Crippen molar-refractivity contribution >= 4 is 18.3 Å². The summed E-state index contributed by atoms with van der Waals surface area (Å²) >= 11 is 0. The summed E-state index contributed by atoms with van der Waals surface area (Å²) in [6.45, 7) is 3.98. The van der Waals surface area contributed by atoms with Crippen LogP contribution in [0, 0.1) is 5.41 Å². The Morgan fingerprint density at radius 1 is 1.27 bits per heavy atom. The number of hydrogen-bond donors (Lipinski definition) is 1. The van der Waals surface area contributed by atoms with Crippen LogP contribution in [0.1, 0.15) is 54.3 Å². The van der Waals surface area contributed by atoms with Gasteiger partial charge < -0.3 is 10.2 Å². The largest absolute Gasteiger partial charge is 0.337 e. The zero-order valence-corrected chi connectivity index (χ0v) is 13.6. The van der Waals surface area contributed by atoms with Gasteiger partial charge in [0.2, 0.25) is 0 Å². The van der Waals surface area contributed by atoms with Crippen molar-refractivity contribution in [3.63, 3.8) is 0 Å². The summed E-state index contributed by atoms with van der Waals surface area (Å²) in [5, 5.41) is 3.46. The van der Waals surface area contributed by atoms with Gasteiger partial charge in [-0.25, -0.2) is 9.97 Å². The van der Waals surface area contributed by atoms with E-state index in [-0.39, 0.29) is 18.3 Å². The van der Waals surface area contributed by atoms with Gasteiger partial charge in [0.1, 0.15) is 11.5 Å². The maximum absolute atomic E-state index is 12.6. The molecular formula is C16H23ClN4O. The Bertz CT molecular complexity index is 545. The van der Waals surface area contributed by atoms with Gasteiger partial charge in [0, 0.05) is 31.7 Å². The topological polar surface area (TPSA) is 58.1 Å². The van der Waals surface area contributed by atoms with Crippen molar-refractivity contribution < 1.29 is 4.79 Å². The highest BCUT2D eigenvalue weighted by Crippen LogP contribution is 2.38. The number of aromatic nitrogens is 2. The zero-order chi connectivity index (χ0) is 14.3. The number of piperidine rings is 1. The lowest BCUT2D eigenvalue weighted by molar-refractivity contribution is 0.0601. The van der Waals surface area contributed by atoms with E-state index in [1.54, 1.807) is 12.3 Å². The van der Waals surface area contributed by atoms with Gasteiger partial charge >= 0.3 is 0 Å². The van der Waals surface area contributed by atoms with E-state index in [2.05, 4.69) is 15.3 Å². The normalized spacial score (nSPS) is 23.4. The molecule has 3 heterocycles. The molecule has 120 valence electrons. The number of nitrogens with zero attached hydrogens (tertiary/aromatic N) is 3. The van der Waals surface area contributed by atoms with Crippen LogP contribution in [0.3, 0.4) is 0 Å². The van der Waals surface area contributed by atoms with Crippen molar-refractivity contribution in [2.24, 2.45) is 5.41 Å². The Labute approximate surface area is 137 Å². The highest BCUT2D eigenvalue weighted by atomic mass is 35.5. The fourth-order valence-electron chi connectivity index (χ4n) is 3.60. The van der Waals surface area contributed by atoms with E-state index < -0.39 is 0 Å². The molecule has 3 fully saturated rings. The van der Waals surface area contributed by atoms with Crippen molar-refractivity contribution in [3.8, 4) is 0 Å². The second-order valence-corrected chi connectivity index (χ2v) is 6.79. The smallest absolute Gasteiger partial charge is 0.272 e. The molecule has 0 atom stereocenters. The molecule has 1 aromatic heterocycles. The van der Waals surface area contributed by atoms with Crippen LogP contribution in [0.25, 0.3) is 0 Å². The van der Waals surface area contributed by atoms with Crippen LogP contribution in [0.5, 0.6) is 0 Å². The van der Waals surface area contributed by atoms with Crippen LogP contribution >= 0.6 is 12.4 Å². The Morgan fingerprint density at radius 3 is 2.68 bits per heavy atom. The van der Waals surface area contributed by atoms with Gasteiger partial charge in [-0.3, -0.25) is 4.79 Å². The summed E-state index contributed by atoms with van der Waals surface area (Å²) in [5.41, 5.74) is 1.02. The highest BCUT2D eigenvalue weighted by Gasteiger charge is 2.38. The SMILES string of the molecule is Cl.O=C(c1ccnc(C2CC2)n1)N1CCC2(CCNC2)CC1. The number of amides is 1. The average Bonchev–Trinajstić information content (AvgIpc) is 3.29. The minimum Gasteiger partial charge on any atom is -0.337 e. The molecule has 2 aliphatic heterocycles. The van der Waals surface area contributed by atoms with E-state index in [9.17, 15) is 4.79 Å². The summed E-state index contributed by atoms with van der Waals surface area (Å²) in [6, 6.07) is 1.76. The second-order valence-electron chi connectivity index (χ2n) is 6.79. The van der Waals surface area contributed by atoms with Gasteiger partial charge in [0.25, 0.3) is 5.91 Å². The quantitative estimate of drug-likeness (QED) is 0.904. The maximum atomic E-state index is 12.6. The van der Waals surface area contributed by atoms with Crippen LogP contribution in [-0.2, 0) is 0 Å². The van der Waals surface area contributed by atoms with Gasteiger partial charge in [-0.1, -0.05) is 0 Å². The first-order valence-corrected chi connectivity index (χ1v) is 8.09. The van der Waals surface area contributed by atoms with Crippen molar-refractivity contribution in [2.75, 3.05) is 26.2 Å². The van der Waals surface area contributed by atoms with Crippen molar-refractivity contribution in [1.29, 1.82) is 0 Å². The first-order valence-electron chi connectivity index (χ1n) is 8.09. The molecule has 0 radical (unpaired) electrons. The van der Waals surface area contributed by atoms with E-state index in [1.165, 1.54) is 6.42 Å². The van der Waals surface area contributed by atoms with Crippen molar-refractivity contribution in [1.82, 2.24) is 20.2 Å². The Balaban J connectivity index is 0.00000144. The first-order chi connectivity index (χ1) is 10.3. The summed E-state index contributed by atoms with van der Waals surface area (Å²) in [6.07, 6.45) is 7.56. The molecule has 1 aromatic rings. The Morgan fingerprint density at radius 2 is 2.05 bits per heavy atom. The standard InChI is InChI=1S/C16H22N4O.ClH/c21-15(13-3-7-18-14(19-13)12-1-2-12)20-9-5-16(6-10-20)4-8-17-11-16;/h3,7,12,17H,1-2,4-6,8-11H2;1H. The van der Waals surface area contributed by atoms with Gasteiger partial charge in [-0.15, -0.1) is 12.4 Å². The fourth-order valence-corrected chi connectivity index (χ4v) is 3.60. The Hall–Kier alpha value is -1.20. The van der Waals surface area contributed by atoms with Crippen LogP contribution < -0.4 is 5.32 Å². The highest BCUT2D eigenvalue weighted by molar-refractivity contribution is 5.92. The number of nitrogens with one attached hydrogen (secondary N) is 1. The van der Waals surface area contributed by atoms with E-state index >= 15 is 0 Å². The number of hydrogen-bond acceptors (Lipinski definition) is 4. The van der Waals surface area contributed by atoms with Crippen molar-refractivity contribution in [3.05, 3.63) is 23.8 Å². The Kier molecular flexibility index (Phi) is 4.37. The van der Waals surface area contributed by atoms with E-state index in [0.29, 0.717) is 17.0 Å². The number of halogens is 1. The second kappa shape index (κ2) is 6.13. The molecule has 0 unspecified atom stereocenters. The van der Waals surface area contributed by atoms with Crippen LogP contribution in [-0.4, -0.2) is 47.0 Å². The van der Waals surface area contributed by atoms with E-state index in [1.807, 2.05) is 4.90 Å². The predicted molar refractivity (Wildman–Crippen MR) is 86.3 cm³/mol. The summed E-state index contributed by atoms with van der Waals surface area (Å²) in [5.74, 6) is 1.43. The molecule has 2 saturated heterocycles. The zero-order valence-electron chi connectivity index (χ0n) is 12.8. The van der Waals surface area contributed by atoms with Gasteiger partial charge in [0.15, 0.2) is 0 Å². The predicted octanol–water partition coefficient (Wildman–Crippen LogP) is 1.99. The van der Waals surface area contributed by atoms with E-state index in [4.69, 9.17) is 0 Å². The van der Waals surface area contributed by atoms with Crippen LogP contribution in [0.2, 0.25) is 0 Å². The molecule has 1 N–H and O–H groups in total. The molecule has 0 aromatic carbocycles. The minimum absolute atomic E-state index is 0. The van der Waals surface area contributed by atoms with Crippen molar-refractivity contribution in [2.45, 2.75) is 38.0 Å². The fraction of sp³-hybridized carbons (Fsp3) is 0.688. The first kappa shape index (κ1) is 15.7. The maximum Gasteiger partial charge on any atom is 0.272 e. The molecule has 3 aliphatic rings. The molecule has 4 rings (SSSR count). The monoisotopic (exact) mass is 322 g/mol. The van der Waals surface area contributed by atoms with Gasteiger partial charge in [0.05, 0.1) is 0 Å². The summed E-state index contributed by atoms with van der Waals surface area (Å²) < 4.78 is 0. The molecule has 0 bridgehead atoms. The lowest BCUT2D eigenvalue weighted by Gasteiger charge is -2.38. The number of rotatable bonds is 2. The molecule has 5 nitrogen and oxygen atoms in total. The molecule has 22 heavy (non-hydrogen) atoms. The number of carbonyl (C=O) groups is 1. The molecule has 6 heteroatoms. The summed E-state index contributed by atoms with van der Waals surface area (Å²) in [4.78, 5) is 23.4. The van der Waals surface area contributed by atoms with Crippen LogP contribution in [0.15, 0.2) is 12.3 Å². The molecule has 1 aliphatic carbocycles. The molecule has 1 amide bonds. The molecule has 1 spiro atoms. The lowest BCUT2D eigenvalue weighted by atomic mass is 9.78. The molecular weight excluding hydrogens is 300 g/mol. The third-order valence-corrected chi connectivity index (χ3v) is 5.28. The van der Waals surface area contributed by atoms with Gasteiger partial charge in [-0.05, 0) is 50.1 Å². The number of likely N-dealkylation sites (tertiary alicyclic amines) is 1. The van der Waals surface area contributed by atoms with Gasteiger partial charge in [-0.2, -0.15) is 0 Å². The third kappa shape index (κ3) is 2.97. The minimum atomic E-state index is 0.